The Kier molecular flexibility index (Phi) is 9.55. The average molecular weight is 564 g/mol. The maximum absolute atomic E-state index is 13.2. The number of hydrogen-bond acceptors (Lipinski definition) is 6. The van der Waals surface area contributed by atoms with E-state index >= 15 is 0 Å². The molecule has 0 radical (unpaired) electrons. The molecule has 204 valence electrons. The number of rotatable bonds is 12. The summed E-state index contributed by atoms with van der Waals surface area (Å²) in [6.07, 6.45) is 0.729. The summed E-state index contributed by atoms with van der Waals surface area (Å²) in [6.45, 7) is 6.97. The van der Waals surface area contributed by atoms with Crippen LogP contribution in [0.15, 0.2) is 88.9 Å². The van der Waals surface area contributed by atoms with Crippen molar-refractivity contribution in [2.45, 2.75) is 43.8 Å². The molecule has 0 spiro atoms. The van der Waals surface area contributed by atoms with E-state index in [4.69, 9.17) is 0 Å². The highest BCUT2D eigenvalue weighted by molar-refractivity contribution is 7.99. The molecule has 39 heavy (non-hydrogen) atoms. The Morgan fingerprint density at radius 1 is 0.949 bits per heavy atom. The van der Waals surface area contributed by atoms with Crippen LogP contribution in [0.2, 0.25) is 0 Å². The van der Waals surface area contributed by atoms with Crippen molar-refractivity contribution < 1.29 is 13.2 Å². The van der Waals surface area contributed by atoms with Crippen LogP contribution in [0.25, 0.3) is 11.4 Å². The molecule has 0 aliphatic carbocycles. The standard InChI is InChI=1S/C29H33N5O3S2/c1-4-33(5-2)39(36,37)26-16-10-14-24(20-26)28-31-32-29(34(28)18-17-23-12-7-6-8-13-23)38-21-27(35)30-25-15-9-11-22(3)19-25/h6-16,19-20H,4-5,17-18,21H2,1-3H3,(H,30,35). The van der Waals surface area contributed by atoms with Crippen LogP contribution in [0, 0.1) is 6.92 Å². The smallest absolute Gasteiger partial charge is 0.243 e. The first-order chi connectivity index (χ1) is 18.8. The lowest BCUT2D eigenvalue weighted by Gasteiger charge is -2.19. The van der Waals surface area contributed by atoms with Gasteiger partial charge >= 0.3 is 0 Å². The first-order valence-corrected chi connectivity index (χ1v) is 15.3. The second-order valence-electron chi connectivity index (χ2n) is 9.02. The molecule has 0 bridgehead atoms. The molecule has 0 atom stereocenters. The van der Waals surface area contributed by atoms with Gasteiger partial charge in [-0.2, -0.15) is 4.31 Å². The number of hydrogen-bond donors (Lipinski definition) is 1. The van der Waals surface area contributed by atoms with Gasteiger partial charge in [-0.15, -0.1) is 10.2 Å². The lowest BCUT2D eigenvalue weighted by atomic mass is 10.1. The van der Waals surface area contributed by atoms with Crippen molar-refractivity contribution in [3.05, 3.63) is 90.0 Å². The number of thioether (sulfide) groups is 1. The van der Waals surface area contributed by atoms with Crippen LogP contribution >= 0.6 is 11.8 Å². The summed E-state index contributed by atoms with van der Waals surface area (Å²) < 4.78 is 29.7. The Bertz CT molecular complexity index is 1520. The molecule has 4 rings (SSSR count). The Morgan fingerprint density at radius 2 is 1.69 bits per heavy atom. The van der Waals surface area contributed by atoms with Gasteiger partial charge in [0, 0.05) is 30.9 Å². The molecule has 3 aromatic carbocycles. The number of sulfonamides is 1. The zero-order chi connectivity index (χ0) is 27.8. The lowest BCUT2D eigenvalue weighted by molar-refractivity contribution is -0.113. The number of carbonyl (C=O) groups excluding carboxylic acids is 1. The van der Waals surface area contributed by atoms with E-state index in [-0.39, 0.29) is 16.6 Å². The van der Waals surface area contributed by atoms with Crippen LogP contribution in [0.1, 0.15) is 25.0 Å². The van der Waals surface area contributed by atoms with E-state index in [1.54, 1.807) is 18.2 Å². The van der Waals surface area contributed by atoms with Crippen LogP contribution in [0.5, 0.6) is 0 Å². The van der Waals surface area contributed by atoms with Gasteiger partial charge < -0.3 is 9.88 Å². The molecule has 1 N–H and O–H groups in total. The summed E-state index contributed by atoms with van der Waals surface area (Å²) in [6, 6.07) is 24.6. The number of nitrogens with zero attached hydrogens (tertiary/aromatic N) is 4. The Balaban J connectivity index is 1.61. The molecule has 10 heteroatoms. The molecule has 0 fully saturated rings. The summed E-state index contributed by atoms with van der Waals surface area (Å²) in [5.41, 5.74) is 3.62. The minimum absolute atomic E-state index is 0.142. The first kappa shape index (κ1) is 28.5. The molecule has 8 nitrogen and oxygen atoms in total. The predicted molar refractivity (Wildman–Crippen MR) is 156 cm³/mol. The largest absolute Gasteiger partial charge is 0.325 e. The number of carbonyl (C=O) groups is 1. The van der Waals surface area contributed by atoms with Gasteiger partial charge in [0.05, 0.1) is 10.6 Å². The van der Waals surface area contributed by atoms with Crippen molar-refractivity contribution in [1.29, 1.82) is 0 Å². The molecule has 0 unspecified atom stereocenters. The molecule has 1 aromatic heterocycles. The van der Waals surface area contributed by atoms with E-state index in [1.807, 2.05) is 73.9 Å². The summed E-state index contributed by atoms with van der Waals surface area (Å²) >= 11 is 1.30. The van der Waals surface area contributed by atoms with Crippen molar-refractivity contribution in [1.82, 2.24) is 19.1 Å². The second-order valence-corrected chi connectivity index (χ2v) is 11.9. The van der Waals surface area contributed by atoms with E-state index in [0.717, 1.165) is 23.2 Å². The number of aryl methyl sites for hydroxylation is 2. The van der Waals surface area contributed by atoms with E-state index in [0.29, 0.717) is 36.2 Å². The molecule has 0 saturated carbocycles. The molecule has 0 aliphatic rings. The minimum Gasteiger partial charge on any atom is -0.325 e. The highest BCUT2D eigenvalue weighted by atomic mass is 32.2. The summed E-state index contributed by atoms with van der Waals surface area (Å²) in [5.74, 6) is 0.578. The van der Waals surface area contributed by atoms with Crippen LogP contribution in [-0.4, -0.2) is 52.2 Å². The molecule has 0 saturated heterocycles. The third-order valence-corrected chi connectivity index (χ3v) is 9.27. The van der Waals surface area contributed by atoms with Crippen molar-refractivity contribution in [2.75, 3.05) is 24.2 Å². The quantitative estimate of drug-likeness (QED) is 0.236. The van der Waals surface area contributed by atoms with Crippen LogP contribution < -0.4 is 5.32 Å². The van der Waals surface area contributed by atoms with Gasteiger partial charge in [0.1, 0.15) is 0 Å². The fourth-order valence-corrected chi connectivity index (χ4v) is 6.52. The highest BCUT2D eigenvalue weighted by Gasteiger charge is 2.23. The second kappa shape index (κ2) is 13.1. The third-order valence-electron chi connectivity index (χ3n) is 6.25. The summed E-state index contributed by atoms with van der Waals surface area (Å²) in [7, 11) is -3.63. The molecular formula is C29H33N5O3S2. The van der Waals surface area contributed by atoms with Crippen molar-refractivity contribution in [2.24, 2.45) is 0 Å². The SMILES string of the molecule is CCN(CC)S(=O)(=O)c1cccc(-c2nnc(SCC(=O)Nc3cccc(C)c3)n2CCc2ccccc2)c1. The zero-order valence-corrected chi connectivity index (χ0v) is 24.0. The van der Waals surface area contributed by atoms with E-state index in [1.165, 1.54) is 16.1 Å². The lowest BCUT2D eigenvalue weighted by Crippen LogP contribution is -2.30. The van der Waals surface area contributed by atoms with Crippen molar-refractivity contribution in [3.63, 3.8) is 0 Å². The first-order valence-electron chi connectivity index (χ1n) is 12.9. The Morgan fingerprint density at radius 3 is 2.41 bits per heavy atom. The molecule has 1 amide bonds. The van der Waals surface area contributed by atoms with Crippen molar-refractivity contribution in [3.8, 4) is 11.4 Å². The Labute approximate surface area is 234 Å². The maximum atomic E-state index is 13.2. The van der Waals surface area contributed by atoms with Gasteiger partial charge in [-0.25, -0.2) is 8.42 Å². The van der Waals surface area contributed by atoms with Gasteiger partial charge in [0.15, 0.2) is 11.0 Å². The maximum Gasteiger partial charge on any atom is 0.243 e. The highest BCUT2D eigenvalue weighted by Crippen LogP contribution is 2.27. The van der Waals surface area contributed by atoms with Gasteiger partial charge in [-0.1, -0.05) is 80.2 Å². The molecule has 4 aromatic rings. The van der Waals surface area contributed by atoms with E-state index < -0.39 is 10.0 Å². The topological polar surface area (TPSA) is 97.2 Å². The van der Waals surface area contributed by atoms with E-state index in [9.17, 15) is 13.2 Å². The monoisotopic (exact) mass is 563 g/mol. The third kappa shape index (κ3) is 7.14. The normalized spacial score (nSPS) is 11.6. The van der Waals surface area contributed by atoms with Gasteiger partial charge in [0.2, 0.25) is 15.9 Å². The van der Waals surface area contributed by atoms with Crippen LogP contribution in [0.4, 0.5) is 5.69 Å². The number of amides is 1. The predicted octanol–water partition coefficient (Wildman–Crippen LogP) is 5.26. The minimum atomic E-state index is -3.63. The van der Waals surface area contributed by atoms with Crippen molar-refractivity contribution >= 4 is 33.4 Å². The number of nitrogens with one attached hydrogen (secondary N) is 1. The molecular weight excluding hydrogens is 530 g/mol. The Hall–Kier alpha value is -3.47. The molecule has 0 aliphatic heterocycles. The number of aromatic nitrogens is 3. The summed E-state index contributed by atoms with van der Waals surface area (Å²) in [4.78, 5) is 12.9. The fourth-order valence-electron chi connectivity index (χ4n) is 4.25. The van der Waals surface area contributed by atoms with E-state index in [2.05, 4.69) is 27.6 Å². The number of benzene rings is 3. The summed E-state index contributed by atoms with van der Waals surface area (Å²) in [5, 5.41) is 12.3. The molecule has 1 heterocycles. The van der Waals surface area contributed by atoms with Gasteiger partial charge in [-0.3, -0.25) is 4.79 Å². The fraction of sp³-hybridized carbons (Fsp3) is 0.276. The van der Waals surface area contributed by atoms with Crippen LogP contribution in [0.3, 0.4) is 0 Å². The van der Waals surface area contributed by atoms with Gasteiger partial charge in [-0.05, 0) is 48.7 Å². The van der Waals surface area contributed by atoms with Crippen LogP contribution in [-0.2, 0) is 27.8 Å². The zero-order valence-electron chi connectivity index (χ0n) is 22.4. The number of anilines is 1. The average Bonchev–Trinajstić information content (AvgIpc) is 3.34. The van der Waals surface area contributed by atoms with Gasteiger partial charge in [0.25, 0.3) is 0 Å².